The Labute approximate surface area is 131 Å². The minimum Gasteiger partial charge on any atom is -0.497 e. The molecule has 1 heterocycles. The normalized spacial score (nSPS) is 16.9. The molecule has 0 aromatic heterocycles. The van der Waals surface area contributed by atoms with E-state index >= 15 is 0 Å². The van der Waals surface area contributed by atoms with Crippen LogP contribution in [0.2, 0.25) is 0 Å². The van der Waals surface area contributed by atoms with Crippen molar-refractivity contribution in [2.24, 2.45) is 5.16 Å². The summed E-state index contributed by atoms with van der Waals surface area (Å²) in [7, 11) is 3.47. The van der Waals surface area contributed by atoms with Gasteiger partial charge in [0.1, 0.15) is 5.75 Å². The van der Waals surface area contributed by atoms with E-state index in [1.807, 2.05) is 31.3 Å². The van der Waals surface area contributed by atoms with E-state index in [4.69, 9.17) is 9.57 Å². The van der Waals surface area contributed by atoms with Crippen LogP contribution in [0, 0.1) is 0 Å². The molecular weight excluding hydrogens is 280 g/mol. The molecule has 1 amide bonds. The molecule has 5 nitrogen and oxygen atoms in total. The molecule has 0 N–H and O–H groups in total. The lowest BCUT2D eigenvalue weighted by Crippen LogP contribution is -2.37. The van der Waals surface area contributed by atoms with Gasteiger partial charge in [0, 0.05) is 26.4 Å². The predicted molar refractivity (Wildman–Crippen MR) is 86.2 cm³/mol. The monoisotopic (exact) mass is 304 g/mol. The van der Waals surface area contributed by atoms with E-state index < -0.39 is 6.10 Å². The van der Waals surface area contributed by atoms with Gasteiger partial charge in [-0.25, -0.2) is 0 Å². The van der Waals surface area contributed by atoms with Gasteiger partial charge in [-0.3, -0.25) is 4.79 Å². The fourth-order valence-corrected chi connectivity index (χ4v) is 2.43. The van der Waals surface area contributed by atoms with E-state index in [9.17, 15) is 4.79 Å². The van der Waals surface area contributed by atoms with E-state index in [0.717, 1.165) is 36.4 Å². The van der Waals surface area contributed by atoms with Gasteiger partial charge in [0.15, 0.2) is 0 Å². The van der Waals surface area contributed by atoms with E-state index in [0.29, 0.717) is 12.8 Å². The highest BCUT2D eigenvalue weighted by atomic mass is 16.6. The zero-order valence-corrected chi connectivity index (χ0v) is 13.5. The van der Waals surface area contributed by atoms with Crippen LogP contribution >= 0.6 is 0 Å². The molecule has 0 fully saturated rings. The van der Waals surface area contributed by atoms with Crippen LogP contribution in [0.3, 0.4) is 0 Å². The van der Waals surface area contributed by atoms with Crippen LogP contribution in [0.15, 0.2) is 29.4 Å². The number of ether oxygens (including phenoxy) is 1. The number of hydrogen-bond acceptors (Lipinski definition) is 4. The van der Waals surface area contributed by atoms with Crippen molar-refractivity contribution in [3.05, 3.63) is 29.8 Å². The average molecular weight is 304 g/mol. The van der Waals surface area contributed by atoms with Crippen molar-refractivity contribution in [1.29, 1.82) is 0 Å². The van der Waals surface area contributed by atoms with Gasteiger partial charge in [0.05, 0.1) is 12.8 Å². The molecule has 1 aromatic rings. The number of methoxy groups -OCH3 is 1. The third-order valence-corrected chi connectivity index (χ3v) is 3.77. The number of carbonyl (C=O) groups excluding carboxylic acids is 1. The van der Waals surface area contributed by atoms with E-state index in [2.05, 4.69) is 12.1 Å². The summed E-state index contributed by atoms with van der Waals surface area (Å²) in [6.45, 7) is 2.88. The molecule has 0 aliphatic carbocycles. The summed E-state index contributed by atoms with van der Waals surface area (Å²) < 4.78 is 5.22. The maximum absolute atomic E-state index is 12.3. The van der Waals surface area contributed by atoms with Crippen molar-refractivity contribution < 1.29 is 14.4 Å². The lowest BCUT2D eigenvalue weighted by molar-refractivity contribution is -0.140. The molecule has 5 heteroatoms. The first-order valence-electron chi connectivity index (χ1n) is 7.73. The summed E-state index contributed by atoms with van der Waals surface area (Å²) in [6, 6.07) is 7.86. The Kier molecular flexibility index (Phi) is 5.81. The molecular formula is C17H24N2O3. The highest BCUT2D eigenvalue weighted by Gasteiger charge is 2.30. The van der Waals surface area contributed by atoms with E-state index in [1.54, 1.807) is 12.0 Å². The Morgan fingerprint density at radius 3 is 3.05 bits per heavy atom. The first-order chi connectivity index (χ1) is 10.6. The molecule has 1 aromatic carbocycles. The number of nitrogens with zero attached hydrogens (tertiary/aromatic N) is 2. The number of likely N-dealkylation sites (N-methyl/N-ethyl adjacent to an activating group) is 1. The average Bonchev–Trinajstić information content (AvgIpc) is 3.00. The maximum Gasteiger partial charge on any atom is 0.266 e. The SMILES string of the molecule is CCCCN(C)C(=O)[C@@H]1CC(Cc2cccc(OC)c2)=NO1. The van der Waals surface area contributed by atoms with Gasteiger partial charge in [0.2, 0.25) is 6.10 Å². The summed E-state index contributed by atoms with van der Waals surface area (Å²) in [5.74, 6) is 0.835. The smallest absolute Gasteiger partial charge is 0.266 e. The zero-order chi connectivity index (χ0) is 15.9. The van der Waals surface area contributed by atoms with Crippen LogP contribution in [0.1, 0.15) is 31.7 Å². The lowest BCUT2D eigenvalue weighted by atomic mass is 10.0. The molecule has 2 rings (SSSR count). The largest absolute Gasteiger partial charge is 0.497 e. The Hall–Kier alpha value is -2.04. The first-order valence-corrected chi connectivity index (χ1v) is 7.73. The van der Waals surface area contributed by atoms with Gasteiger partial charge in [0.25, 0.3) is 5.91 Å². The summed E-state index contributed by atoms with van der Waals surface area (Å²) in [4.78, 5) is 19.3. The Morgan fingerprint density at radius 2 is 2.32 bits per heavy atom. The standard InChI is InChI=1S/C17H24N2O3/c1-4-5-9-19(2)17(20)16-12-14(18-22-16)10-13-7-6-8-15(11-13)21-3/h6-8,11,16H,4-5,9-10,12H2,1-3H3/t16-/m0/s1. The first kappa shape index (κ1) is 16.3. The van der Waals surface area contributed by atoms with Crippen LogP contribution in [0.4, 0.5) is 0 Å². The van der Waals surface area contributed by atoms with Crippen LogP contribution in [0.5, 0.6) is 5.75 Å². The highest BCUT2D eigenvalue weighted by Crippen LogP contribution is 2.19. The number of carbonyl (C=O) groups is 1. The number of amides is 1. The van der Waals surface area contributed by atoms with Gasteiger partial charge in [-0.2, -0.15) is 0 Å². The second-order valence-corrected chi connectivity index (χ2v) is 5.60. The molecule has 1 aliphatic rings. The molecule has 0 spiro atoms. The molecule has 0 radical (unpaired) electrons. The maximum atomic E-state index is 12.3. The second kappa shape index (κ2) is 7.82. The van der Waals surface area contributed by atoms with Crippen molar-refractivity contribution in [2.45, 2.75) is 38.7 Å². The minimum atomic E-state index is -0.470. The van der Waals surface area contributed by atoms with Gasteiger partial charge in [-0.1, -0.05) is 30.6 Å². The van der Waals surface area contributed by atoms with Crippen molar-refractivity contribution in [1.82, 2.24) is 4.90 Å². The van der Waals surface area contributed by atoms with E-state index in [1.165, 1.54) is 0 Å². The Morgan fingerprint density at radius 1 is 1.50 bits per heavy atom. The van der Waals surface area contributed by atoms with Crippen LogP contribution < -0.4 is 4.74 Å². The molecule has 0 bridgehead atoms. The third-order valence-electron chi connectivity index (χ3n) is 3.77. The van der Waals surface area contributed by atoms with Crippen molar-refractivity contribution in [3.8, 4) is 5.75 Å². The third kappa shape index (κ3) is 4.23. The molecule has 1 atom stereocenters. The van der Waals surface area contributed by atoms with Crippen molar-refractivity contribution in [3.63, 3.8) is 0 Å². The van der Waals surface area contributed by atoms with E-state index in [-0.39, 0.29) is 5.91 Å². The summed E-state index contributed by atoms with van der Waals surface area (Å²) in [6.07, 6.45) is 2.85. The fraction of sp³-hybridized carbons (Fsp3) is 0.529. The number of benzene rings is 1. The number of oxime groups is 1. The summed E-state index contributed by atoms with van der Waals surface area (Å²) >= 11 is 0. The number of hydrogen-bond donors (Lipinski definition) is 0. The molecule has 1 aliphatic heterocycles. The quantitative estimate of drug-likeness (QED) is 0.778. The van der Waals surface area contributed by atoms with Crippen LogP contribution in [-0.2, 0) is 16.1 Å². The Balaban J connectivity index is 1.87. The van der Waals surface area contributed by atoms with Crippen molar-refractivity contribution >= 4 is 11.6 Å². The molecule has 0 saturated heterocycles. The van der Waals surface area contributed by atoms with Crippen LogP contribution in [0.25, 0.3) is 0 Å². The number of unbranched alkanes of at least 4 members (excludes halogenated alkanes) is 1. The molecule has 120 valence electrons. The minimum absolute atomic E-state index is 0.0119. The summed E-state index contributed by atoms with van der Waals surface area (Å²) in [5, 5.41) is 4.08. The molecule has 0 saturated carbocycles. The van der Waals surface area contributed by atoms with Gasteiger partial charge < -0.3 is 14.5 Å². The zero-order valence-electron chi connectivity index (χ0n) is 13.5. The fourth-order valence-electron chi connectivity index (χ4n) is 2.43. The summed E-state index contributed by atoms with van der Waals surface area (Å²) in [5.41, 5.74) is 2.00. The lowest BCUT2D eigenvalue weighted by Gasteiger charge is -2.19. The van der Waals surface area contributed by atoms with Gasteiger partial charge in [-0.05, 0) is 24.1 Å². The van der Waals surface area contributed by atoms with Gasteiger partial charge >= 0.3 is 0 Å². The number of rotatable bonds is 7. The highest BCUT2D eigenvalue weighted by molar-refractivity contribution is 5.93. The molecule has 0 unspecified atom stereocenters. The van der Waals surface area contributed by atoms with Crippen LogP contribution in [-0.4, -0.2) is 43.3 Å². The predicted octanol–water partition coefficient (Wildman–Crippen LogP) is 2.64. The molecule has 22 heavy (non-hydrogen) atoms. The topological polar surface area (TPSA) is 51.1 Å². The Bertz CT molecular complexity index is 542. The second-order valence-electron chi connectivity index (χ2n) is 5.60. The van der Waals surface area contributed by atoms with Gasteiger partial charge in [-0.15, -0.1) is 0 Å². The van der Waals surface area contributed by atoms with Crippen molar-refractivity contribution in [2.75, 3.05) is 20.7 Å².